The molecule has 0 aliphatic rings. The average Bonchev–Trinajstić information content (AvgIpc) is 2.32. The normalized spacial score (nSPS) is 14.2. The Kier molecular flexibility index (Phi) is 4.17. The number of benzene rings is 1. The minimum Gasteiger partial charge on any atom is -0.346 e. The lowest BCUT2D eigenvalue weighted by atomic mass is 9.98. The van der Waals surface area contributed by atoms with Crippen LogP contribution in [0.1, 0.15) is 30.6 Å². The quantitative estimate of drug-likeness (QED) is 0.846. The molecule has 17 heavy (non-hydrogen) atoms. The van der Waals surface area contributed by atoms with Gasteiger partial charge in [-0.1, -0.05) is 13.0 Å². The van der Waals surface area contributed by atoms with Gasteiger partial charge >= 0.3 is 0 Å². The summed E-state index contributed by atoms with van der Waals surface area (Å²) in [7, 11) is 0. The molecule has 3 nitrogen and oxygen atoms in total. The van der Waals surface area contributed by atoms with Crippen LogP contribution in [0.2, 0.25) is 0 Å². The van der Waals surface area contributed by atoms with Crippen LogP contribution in [0.25, 0.3) is 0 Å². The molecule has 0 aliphatic carbocycles. The lowest BCUT2D eigenvalue weighted by Crippen LogP contribution is -2.51. The Hall–Kier alpha value is -1.49. The molecule has 0 aliphatic heterocycles. The van der Waals surface area contributed by atoms with Crippen molar-refractivity contribution >= 4 is 5.91 Å². The summed E-state index contributed by atoms with van der Waals surface area (Å²) < 4.78 is 26.3. The van der Waals surface area contributed by atoms with E-state index in [0.29, 0.717) is 6.42 Å². The lowest BCUT2D eigenvalue weighted by molar-refractivity contribution is 0.0901. The number of amides is 1. The van der Waals surface area contributed by atoms with Crippen LogP contribution in [-0.2, 0) is 0 Å². The zero-order valence-electron chi connectivity index (χ0n) is 9.89. The minimum absolute atomic E-state index is 0.228. The number of carbonyl (C=O) groups excluding carboxylic acids is 1. The molecular weight excluding hydrogens is 226 g/mol. The van der Waals surface area contributed by atoms with E-state index in [2.05, 4.69) is 5.32 Å². The molecule has 0 bridgehead atoms. The van der Waals surface area contributed by atoms with Gasteiger partial charge < -0.3 is 11.1 Å². The predicted octanol–water partition coefficient (Wildman–Crippen LogP) is 1.82. The maximum Gasteiger partial charge on any atom is 0.254 e. The Balaban J connectivity index is 2.94. The summed E-state index contributed by atoms with van der Waals surface area (Å²) in [5.41, 5.74) is 4.61. The first-order valence-electron chi connectivity index (χ1n) is 5.40. The van der Waals surface area contributed by atoms with E-state index in [1.54, 1.807) is 6.92 Å². The van der Waals surface area contributed by atoms with Crippen LogP contribution in [0.3, 0.4) is 0 Å². The highest BCUT2D eigenvalue weighted by Crippen LogP contribution is 2.14. The van der Waals surface area contributed by atoms with Gasteiger partial charge in [0.15, 0.2) is 11.6 Å². The molecule has 1 aromatic carbocycles. The molecule has 1 aromatic rings. The maximum absolute atomic E-state index is 13.4. The van der Waals surface area contributed by atoms with E-state index in [9.17, 15) is 13.6 Å². The smallest absolute Gasteiger partial charge is 0.254 e. The number of hydrogen-bond acceptors (Lipinski definition) is 2. The molecule has 0 fully saturated rings. The molecule has 3 N–H and O–H groups in total. The number of carbonyl (C=O) groups is 1. The van der Waals surface area contributed by atoms with Gasteiger partial charge in [-0.15, -0.1) is 0 Å². The van der Waals surface area contributed by atoms with Gasteiger partial charge in [0.2, 0.25) is 0 Å². The largest absolute Gasteiger partial charge is 0.346 e. The van der Waals surface area contributed by atoms with Crippen molar-refractivity contribution < 1.29 is 13.6 Å². The molecule has 0 saturated heterocycles. The highest BCUT2D eigenvalue weighted by Gasteiger charge is 2.25. The van der Waals surface area contributed by atoms with Crippen LogP contribution in [0.5, 0.6) is 0 Å². The van der Waals surface area contributed by atoms with Gasteiger partial charge in [-0.05, 0) is 25.5 Å². The third kappa shape index (κ3) is 3.00. The van der Waals surface area contributed by atoms with E-state index in [1.807, 2.05) is 6.92 Å². The first-order chi connectivity index (χ1) is 7.93. The SMILES string of the molecule is CCC(C)(CN)NC(=O)c1cccc(F)c1F. The molecule has 0 spiro atoms. The Bertz CT molecular complexity index is 417. The summed E-state index contributed by atoms with van der Waals surface area (Å²) >= 11 is 0. The second kappa shape index (κ2) is 5.23. The molecule has 0 radical (unpaired) electrons. The van der Waals surface area contributed by atoms with Crippen molar-refractivity contribution in [3.63, 3.8) is 0 Å². The van der Waals surface area contributed by atoms with Crippen molar-refractivity contribution in [3.8, 4) is 0 Å². The van der Waals surface area contributed by atoms with Crippen molar-refractivity contribution in [2.45, 2.75) is 25.8 Å². The molecule has 1 rings (SSSR count). The zero-order valence-corrected chi connectivity index (χ0v) is 9.89. The van der Waals surface area contributed by atoms with Crippen LogP contribution < -0.4 is 11.1 Å². The Morgan fingerprint density at radius 3 is 2.65 bits per heavy atom. The Labute approximate surface area is 99.0 Å². The monoisotopic (exact) mass is 242 g/mol. The number of halogens is 2. The van der Waals surface area contributed by atoms with E-state index >= 15 is 0 Å². The average molecular weight is 242 g/mol. The van der Waals surface area contributed by atoms with Crippen LogP contribution in [0.15, 0.2) is 18.2 Å². The molecular formula is C12H16F2N2O. The molecule has 5 heteroatoms. The molecule has 1 unspecified atom stereocenters. The third-order valence-electron chi connectivity index (χ3n) is 2.84. The summed E-state index contributed by atoms with van der Waals surface area (Å²) in [4.78, 5) is 11.8. The summed E-state index contributed by atoms with van der Waals surface area (Å²) in [6.45, 7) is 3.84. The second-order valence-corrected chi connectivity index (χ2v) is 4.17. The van der Waals surface area contributed by atoms with E-state index in [0.717, 1.165) is 6.07 Å². The molecule has 0 saturated carbocycles. The van der Waals surface area contributed by atoms with Crippen LogP contribution in [0, 0.1) is 11.6 Å². The molecule has 0 heterocycles. The van der Waals surface area contributed by atoms with Gasteiger partial charge in [-0.3, -0.25) is 4.79 Å². The Morgan fingerprint density at radius 2 is 2.12 bits per heavy atom. The molecule has 94 valence electrons. The first kappa shape index (κ1) is 13.6. The van der Waals surface area contributed by atoms with Crippen LogP contribution in [-0.4, -0.2) is 18.0 Å². The van der Waals surface area contributed by atoms with E-state index in [1.165, 1.54) is 12.1 Å². The molecule has 0 aromatic heterocycles. The van der Waals surface area contributed by atoms with E-state index in [4.69, 9.17) is 5.73 Å². The fraction of sp³-hybridized carbons (Fsp3) is 0.417. The second-order valence-electron chi connectivity index (χ2n) is 4.17. The van der Waals surface area contributed by atoms with Crippen molar-refractivity contribution in [1.29, 1.82) is 0 Å². The van der Waals surface area contributed by atoms with Crippen LogP contribution >= 0.6 is 0 Å². The highest BCUT2D eigenvalue weighted by molar-refractivity contribution is 5.95. The predicted molar refractivity (Wildman–Crippen MR) is 61.6 cm³/mol. The standard InChI is InChI=1S/C12H16F2N2O/c1-3-12(2,7-15)16-11(17)8-5-4-6-9(13)10(8)14/h4-6H,3,7,15H2,1-2H3,(H,16,17). The summed E-state index contributed by atoms with van der Waals surface area (Å²) in [6, 6.07) is 3.49. The van der Waals surface area contributed by atoms with Crippen molar-refractivity contribution in [1.82, 2.24) is 5.32 Å². The van der Waals surface area contributed by atoms with Gasteiger partial charge in [0.25, 0.3) is 5.91 Å². The maximum atomic E-state index is 13.4. The summed E-state index contributed by atoms with van der Waals surface area (Å²) in [5, 5.41) is 2.61. The van der Waals surface area contributed by atoms with Crippen molar-refractivity contribution in [3.05, 3.63) is 35.4 Å². The topological polar surface area (TPSA) is 55.1 Å². The number of hydrogen-bond donors (Lipinski definition) is 2. The fourth-order valence-corrected chi connectivity index (χ4v) is 1.30. The number of rotatable bonds is 4. The van der Waals surface area contributed by atoms with E-state index < -0.39 is 23.1 Å². The van der Waals surface area contributed by atoms with Crippen LogP contribution in [0.4, 0.5) is 8.78 Å². The first-order valence-corrected chi connectivity index (χ1v) is 5.40. The number of nitrogens with one attached hydrogen (secondary N) is 1. The van der Waals surface area contributed by atoms with E-state index in [-0.39, 0.29) is 12.1 Å². The van der Waals surface area contributed by atoms with Gasteiger partial charge in [0, 0.05) is 12.1 Å². The minimum atomic E-state index is -1.14. The lowest BCUT2D eigenvalue weighted by Gasteiger charge is -2.28. The zero-order chi connectivity index (χ0) is 13.1. The molecule has 1 amide bonds. The summed E-state index contributed by atoms with van der Waals surface area (Å²) in [5.74, 6) is -2.83. The van der Waals surface area contributed by atoms with Gasteiger partial charge in [0.1, 0.15) is 0 Å². The Morgan fingerprint density at radius 1 is 1.47 bits per heavy atom. The molecule has 1 atom stereocenters. The third-order valence-corrected chi connectivity index (χ3v) is 2.84. The summed E-state index contributed by atoms with van der Waals surface area (Å²) in [6.07, 6.45) is 0.603. The van der Waals surface area contributed by atoms with Crippen molar-refractivity contribution in [2.24, 2.45) is 5.73 Å². The van der Waals surface area contributed by atoms with Gasteiger partial charge in [0.05, 0.1) is 5.56 Å². The highest BCUT2D eigenvalue weighted by atomic mass is 19.2. The fourth-order valence-electron chi connectivity index (χ4n) is 1.30. The van der Waals surface area contributed by atoms with Gasteiger partial charge in [-0.2, -0.15) is 0 Å². The van der Waals surface area contributed by atoms with Gasteiger partial charge in [-0.25, -0.2) is 8.78 Å². The van der Waals surface area contributed by atoms with Crippen molar-refractivity contribution in [2.75, 3.05) is 6.54 Å². The number of nitrogens with two attached hydrogens (primary N) is 1.